The molecular formula is C11H21N3O5. The number of aliphatic hydroxyl groups excluding tert-OH is 1. The number of hydrogen-bond donors (Lipinski definition) is 4. The van der Waals surface area contributed by atoms with Crippen molar-refractivity contribution >= 4 is 17.8 Å². The summed E-state index contributed by atoms with van der Waals surface area (Å²) in [6.07, 6.45) is -1.43. The van der Waals surface area contributed by atoms with Crippen molar-refractivity contribution < 1.29 is 24.2 Å². The summed E-state index contributed by atoms with van der Waals surface area (Å²) in [6.45, 7) is 3.03. The van der Waals surface area contributed by atoms with Crippen molar-refractivity contribution in [1.29, 1.82) is 0 Å². The van der Waals surface area contributed by atoms with E-state index < -0.39 is 29.9 Å². The van der Waals surface area contributed by atoms with Crippen molar-refractivity contribution in [2.45, 2.75) is 26.0 Å². The number of carbonyl (C=O) groups is 3. The van der Waals surface area contributed by atoms with E-state index in [2.05, 4.69) is 15.4 Å². The Morgan fingerprint density at radius 2 is 1.84 bits per heavy atom. The van der Waals surface area contributed by atoms with Crippen LogP contribution in [0.3, 0.4) is 0 Å². The number of aliphatic hydroxyl groups is 1. The van der Waals surface area contributed by atoms with Gasteiger partial charge in [-0.05, 0) is 5.92 Å². The van der Waals surface area contributed by atoms with Crippen molar-refractivity contribution in [3.8, 4) is 0 Å². The summed E-state index contributed by atoms with van der Waals surface area (Å²) in [7, 11) is 1.13. The van der Waals surface area contributed by atoms with Crippen LogP contribution in [-0.4, -0.2) is 55.2 Å². The Morgan fingerprint density at radius 1 is 1.26 bits per heavy atom. The van der Waals surface area contributed by atoms with Crippen LogP contribution in [-0.2, 0) is 19.1 Å². The monoisotopic (exact) mass is 275 g/mol. The molecule has 0 aromatic heterocycles. The molecular weight excluding hydrogens is 254 g/mol. The molecule has 0 saturated heterocycles. The number of ether oxygens (including phenoxy) is 1. The van der Waals surface area contributed by atoms with Crippen LogP contribution in [0.15, 0.2) is 0 Å². The van der Waals surface area contributed by atoms with Gasteiger partial charge in [-0.25, -0.2) is 4.79 Å². The number of methoxy groups -OCH3 is 1. The molecule has 5 N–H and O–H groups in total. The average molecular weight is 275 g/mol. The molecule has 19 heavy (non-hydrogen) atoms. The van der Waals surface area contributed by atoms with Crippen molar-refractivity contribution in [3.05, 3.63) is 0 Å². The van der Waals surface area contributed by atoms with E-state index in [9.17, 15) is 19.5 Å². The SMILES string of the molecule is COC(=O)C(O)CNC(=O)CNC(=O)[C@@H](N)C(C)C. The van der Waals surface area contributed by atoms with Gasteiger partial charge in [0.25, 0.3) is 0 Å². The molecule has 0 rings (SSSR count). The third-order valence-electron chi connectivity index (χ3n) is 2.41. The Bertz CT molecular complexity index is 332. The molecule has 8 nitrogen and oxygen atoms in total. The van der Waals surface area contributed by atoms with E-state index in [0.29, 0.717) is 0 Å². The molecule has 0 bridgehead atoms. The Morgan fingerprint density at radius 3 is 2.32 bits per heavy atom. The highest BCUT2D eigenvalue weighted by molar-refractivity contribution is 5.87. The smallest absolute Gasteiger partial charge is 0.336 e. The summed E-state index contributed by atoms with van der Waals surface area (Å²) < 4.78 is 4.27. The van der Waals surface area contributed by atoms with E-state index in [4.69, 9.17) is 5.73 Å². The molecule has 2 amide bonds. The molecule has 110 valence electrons. The number of esters is 1. The summed E-state index contributed by atoms with van der Waals surface area (Å²) in [5.74, 6) is -1.85. The lowest BCUT2D eigenvalue weighted by molar-refractivity contribution is -0.150. The first-order valence-corrected chi connectivity index (χ1v) is 5.85. The lowest BCUT2D eigenvalue weighted by atomic mass is 10.1. The molecule has 1 unspecified atom stereocenters. The molecule has 0 aliphatic heterocycles. The average Bonchev–Trinajstić information content (AvgIpc) is 2.39. The minimum absolute atomic E-state index is 0.0378. The van der Waals surface area contributed by atoms with Crippen LogP contribution in [0.1, 0.15) is 13.8 Å². The summed E-state index contributed by atoms with van der Waals surface area (Å²) in [4.78, 5) is 33.6. The highest BCUT2D eigenvalue weighted by Crippen LogP contribution is 1.97. The van der Waals surface area contributed by atoms with Gasteiger partial charge in [0, 0.05) is 0 Å². The summed E-state index contributed by atoms with van der Waals surface area (Å²) in [5.41, 5.74) is 5.58. The second kappa shape index (κ2) is 8.44. The van der Waals surface area contributed by atoms with E-state index in [1.54, 1.807) is 13.8 Å². The largest absolute Gasteiger partial charge is 0.467 e. The second-order valence-corrected chi connectivity index (χ2v) is 4.33. The third-order valence-corrected chi connectivity index (χ3v) is 2.41. The van der Waals surface area contributed by atoms with Gasteiger partial charge in [-0.2, -0.15) is 0 Å². The quantitative estimate of drug-likeness (QED) is 0.388. The lowest BCUT2D eigenvalue weighted by Gasteiger charge is -2.15. The number of carbonyl (C=O) groups excluding carboxylic acids is 3. The van der Waals surface area contributed by atoms with E-state index in [1.165, 1.54) is 0 Å². The zero-order valence-corrected chi connectivity index (χ0v) is 11.3. The van der Waals surface area contributed by atoms with Crippen LogP contribution in [0, 0.1) is 5.92 Å². The van der Waals surface area contributed by atoms with Gasteiger partial charge in [-0.15, -0.1) is 0 Å². The van der Waals surface area contributed by atoms with Crippen LogP contribution in [0.4, 0.5) is 0 Å². The molecule has 2 atom stereocenters. The first kappa shape index (κ1) is 17.3. The maximum atomic E-state index is 11.4. The molecule has 0 fully saturated rings. The van der Waals surface area contributed by atoms with Crippen molar-refractivity contribution in [2.24, 2.45) is 11.7 Å². The van der Waals surface area contributed by atoms with Crippen LogP contribution >= 0.6 is 0 Å². The van der Waals surface area contributed by atoms with Crippen LogP contribution in [0.2, 0.25) is 0 Å². The third kappa shape index (κ3) is 6.73. The van der Waals surface area contributed by atoms with Crippen molar-refractivity contribution in [3.63, 3.8) is 0 Å². The minimum atomic E-state index is -1.43. The molecule has 0 aromatic carbocycles. The summed E-state index contributed by atoms with van der Waals surface area (Å²) in [5, 5.41) is 13.8. The molecule has 8 heteroatoms. The van der Waals surface area contributed by atoms with Gasteiger partial charge in [-0.3, -0.25) is 9.59 Å². The van der Waals surface area contributed by atoms with Crippen LogP contribution < -0.4 is 16.4 Å². The van der Waals surface area contributed by atoms with Crippen molar-refractivity contribution in [2.75, 3.05) is 20.2 Å². The molecule has 0 saturated carbocycles. The van der Waals surface area contributed by atoms with E-state index in [1.807, 2.05) is 0 Å². The fraction of sp³-hybridized carbons (Fsp3) is 0.727. The Kier molecular flexibility index (Phi) is 7.69. The van der Waals surface area contributed by atoms with Gasteiger partial charge in [0.15, 0.2) is 6.10 Å². The maximum Gasteiger partial charge on any atom is 0.336 e. The fourth-order valence-electron chi connectivity index (χ4n) is 1.08. The number of rotatable bonds is 7. The normalized spacial score (nSPS) is 13.6. The van der Waals surface area contributed by atoms with Gasteiger partial charge < -0.3 is 26.2 Å². The van der Waals surface area contributed by atoms with Gasteiger partial charge in [0.1, 0.15) is 0 Å². The fourth-order valence-corrected chi connectivity index (χ4v) is 1.08. The lowest BCUT2D eigenvalue weighted by Crippen LogP contribution is -2.48. The first-order valence-electron chi connectivity index (χ1n) is 5.85. The molecule has 0 heterocycles. The summed E-state index contributed by atoms with van der Waals surface area (Å²) in [6, 6.07) is -0.687. The topological polar surface area (TPSA) is 131 Å². The molecule has 0 spiro atoms. The number of hydrogen-bond acceptors (Lipinski definition) is 6. The zero-order valence-electron chi connectivity index (χ0n) is 11.3. The predicted octanol–water partition coefficient (Wildman–Crippen LogP) is -2.26. The maximum absolute atomic E-state index is 11.4. The second-order valence-electron chi connectivity index (χ2n) is 4.33. The first-order chi connectivity index (χ1) is 8.79. The predicted molar refractivity (Wildman–Crippen MR) is 66.9 cm³/mol. The van der Waals surface area contributed by atoms with E-state index >= 15 is 0 Å². The molecule has 0 aliphatic rings. The highest BCUT2D eigenvalue weighted by atomic mass is 16.5. The van der Waals surface area contributed by atoms with Gasteiger partial charge in [-0.1, -0.05) is 13.8 Å². The van der Waals surface area contributed by atoms with E-state index in [-0.39, 0.29) is 19.0 Å². The Balaban J connectivity index is 3.94. The number of amides is 2. The Hall–Kier alpha value is -1.67. The summed E-state index contributed by atoms with van der Waals surface area (Å²) >= 11 is 0. The Labute approximate surface area is 111 Å². The zero-order chi connectivity index (χ0) is 15.0. The van der Waals surface area contributed by atoms with Gasteiger partial charge in [0.05, 0.1) is 26.2 Å². The number of nitrogens with one attached hydrogen (secondary N) is 2. The van der Waals surface area contributed by atoms with Crippen molar-refractivity contribution in [1.82, 2.24) is 10.6 Å². The van der Waals surface area contributed by atoms with Crippen LogP contribution in [0.25, 0.3) is 0 Å². The molecule has 0 aliphatic carbocycles. The highest BCUT2D eigenvalue weighted by Gasteiger charge is 2.19. The van der Waals surface area contributed by atoms with Crippen LogP contribution in [0.5, 0.6) is 0 Å². The van der Waals surface area contributed by atoms with E-state index in [0.717, 1.165) is 7.11 Å². The van der Waals surface area contributed by atoms with Gasteiger partial charge in [0.2, 0.25) is 11.8 Å². The standard InChI is InChI=1S/C11H21N3O5/c1-6(2)9(12)10(17)14-5-8(16)13-4-7(15)11(18)19-3/h6-7,9,15H,4-5,12H2,1-3H3,(H,13,16)(H,14,17)/t7?,9-/m0/s1. The minimum Gasteiger partial charge on any atom is -0.467 e. The van der Waals surface area contributed by atoms with Gasteiger partial charge >= 0.3 is 5.97 Å². The number of nitrogens with two attached hydrogens (primary N) is 1. The molecule has 0 radical (unpaired) electrons. The molecule has 0 aromatic rings.